The molecule has 0 saturated carbocycles. The number of thioether (sulfide) groups is 1. The van der Waals surface area contributed by atoms with E-state index in [1.807, 2.05) is 38.1 Å². The monoisotopic (exact) mass is 276 g/mol. The van der Waals surface area contributed by atoms with Crippen LogP contribution in [-0.4, -0.2) is 28.3 Å². The molecular formula is C14H16N2O2S. The zero-order valence-corrected chi connectivity index (χ0v) is 11.9. The second-order valence-electron chi connectivity index (χ2n) is 4.04. The van der Waals surface area contributed by atoms with Crippen LogP contribution in [0.5, 0.6) is 0 Å². The number of esters is 1. The highest BCUT2D eigenvalue weighted by atomic mass is 32.2. The zero-order valence-electron chi connectivity index (χ0n) is 11.0. The number of para-hydroxylation sites is 2. The van der Waals surface area contributed by atoms with Crippen molar-refractivity contribution in [2.24, 2.45) is 0 Å². The molecule has 0 bridgehead atoms. The van der Waals surface area contributed by atoms with Crippen LogP contribution in [0.3, 0.4) is 0 Å². The van der Waals surface area contributed by atoms with Crippen molar-refractivity contribution < 1.29 is 9.53 Å². The van der Waals surface area contributed by atoms with Crippen LogP contribution < -0.4 is 0 Å². The van der Waals surface area contributed by atoms with Gasteiger partial charge in [0.2, 0.25) is 0 Å². The number of aryl methyl sites for hydroxylation is 1. The van der Waals surface area contributed by atoms with Crippen LogP contribution in [-0.2, 0) is 15.3 Å². The van der Waals surface area contributed by atoms with E-state index in [0.29, 0.717) is 18.1 Å². The first-order chi connectivity index (χ1) is 9.20. The van der Waals surface area contributed by atoms with Crippen LogP contribution >= 0.6 is 11.8 Å². The molecular weight excluding hydrogens is 260 g/mol. The summed E-state index contributed by atoms with van der Waals surface area (Å²) in [6, 6.07) is 7.79. The van der Waals surface area contributed by atoms with Gasteiger partial charge in [-0.3, -0.25) is 4.79 Å². The Hall–Kier alpha value is -1.62. The Bertz CT molecular complexity index is 587. The average Bonchev–Trinajstić information content (AvgIpc) is 2.39. The smallest absolute Gasteiger partial charge is 0.315 e. The van der Waals surface area contributed by atoms with E-state index < -0.39 is 0 Å². The van der Waals surface area contributed by atoms with E-state index in [-0.39, 0.29) is 5.97 Å². The van der Waals surface area contributed by atoms with E-state index in [1.165, 1.54) is 11.8 Å². The summed E-state index contributed by atoms with van der Waals surface area (Å²) in [5.74, 6) is 0.837. The summed E-state index contributed by atoms with van der Waals surface area (Å²) in [7, 11) is 0. The Labute approximate surface area is 116 Å². The fourth-order valence-corrected chi connectivity index (χ4v) is 2.51. The molecule has 1 heterocycles. The first-order valence-electron chi connectivity index (χ1n) is 6.16. The molecule has 0 aliphatic carbocycles. The lowest BCUT2D eigenvalue weighted by molar-refractivity contribution is -0.139. The van der Waals surface area contributed by atoms with Crippen molar-refractivity contribution in [3.05, 3.63) is 35.7 Å². The fraction of sp³-hybridized carbons (Fsp3) is 0.357. The largest absolute Gasteiger partial charge is 0.465 e. The summed E-state index contributed by atoms with van der Waals surface area (Å²) in [6.45, 7) is 4.18. The number of hydrogen-bond acceptors (Lipinski definition) is 5. The molecule has 4 nitrogen and oxygen atoms in total. The highest BCUT2D eigenvalue weighted by molar-refractivity contribution is 7.99. The minimum Gasteiger partial charge on any atom is -0.465 e. The number of nitrogens with zero attached hydrogens (tertiary/aromatic N) is 2. The molecule has 5 heteroatoms. The first-order valence-corrected chi connectivity index (χ1v) is 7.31. The predicted octanol–water partition coefficient (Wildman–Crippen LogP) is 2.73. The van der Waals surface area contributed by atoms with E-state index in [0.717, 1.165) is 22.4 Å². The highest BCUT2D eigenvalue weighted by Gasteiger charge is 2.07. The number of carbonyl (C=O) groups excluding carboxylic acids is 1. The topological polar surface area (TPSA) is 52.1 Å². The van der Waals surface area contributed by atoms with Crippen LogP contribution in [0.2, 0.25) is 0 Å². The predicted molar refractivity (Wildman–Crippen MR) is 77.1 cm³/mol. The van der Waals surface area contributed by atoms with Crippen molar-refractivity contribution in [3.8, 4) is 0 Å². The van der Waals surface area contributed by atoms with Gasteiger partial charge in [0.25, 0.3) is 0 Å². The maximum absolute atomic E-state index is 11.3. The average molecular weight is 276 g/mol. The maximum atomic E-state index is 11.3. The lowest BCUT2D eigenvalue weighted by Crippen LogP contribution is -2.07. The number of aromatic nitrogens is 2. The molecule has 19 heavy (non-hydrogen) atoms. The van der Waals surface area contributed by atoms with Crippen molar-refractivity contribution in [1.29, 1.82) is 0 Å². The van der Waals surface area contributed by atoms with Crippen LogP contribution in [0.25, 0.3) is 11.0 Å². The Balaban J connectivity index is 2.04. The van der Waals surface area contributed by atoms with E-state index in [2.05, 4.69) is 9.97 Å². The summed E-state index contributed by atoms with van der Waals surface area (Å²) in [5.41, 5.74) is 3.63. The van der Waals surface area contributed by atoms with Crippen molar-refractivity contribution in [3.63, 3.8) is 0 Å². The molecule has 2 rings (SSSR count). The minimum absolute atomic E-state index is 0.182. The standard InChI is InChI=1S/C14H16N2O2S/c1-3-18-14(17)9-19-8-13-10(2)15-11-6-4-5-7-12(11)16-13/h4-7H,3,8-9H2,1-2H3. The molecule has 0 atom stereocenters. The number of ether oxygens (including phenoxy) is 1. The van der Waals surface area contributed by atoms with Gasteiger partial charge < -0.3 is 4.74 Å². The third-order valence-electron chi connectivity index (χ3n) is 2.61. The molecule has 0 N–H and O–H groups in total. The van der Waals surface area contributed by atoms with Gasteiger partial charge in [-0.15, -0.1) is 11.8 Å². The Morgan fingerprint density at radius 2 is 1.95 bits per heavy atom. The quantitative estimate of drug-likeness (QED) is 0.786. The number of hydrogen-bond donors (Lipinski definition) is 0. The molecule has 0 amide bonds. The fourth-order valence-electron chi connectivity index (χ4n) is 1.70. The second-order valence-corrected chi connectivity index (χ2v) is 5.03. The summed E-state index contributed by atoms with van der Waals surface area (Å²) in [4.78, 5) is 20.4. The minimum atomic E-state index is -0.182. The van der Waals surface area contributed by atoms with Crippen molar-refractivity contribution in [1.82, 2.24) is 9.97 Å². The summed E-state index contributed by atoms with van der Waals surface area (Å²) in [6.07, 6.45) is 0. The van der Waals surface area contributed by atoms with E-state index in [4.69, 9.17) is 4.74 Å². The van der Waals surface area contributed by atoms with Crippen LogP contribution in [0.1, 0.15) is 18.3 Å². The van der Waals surface area contributed by atoms with Crippen molar-refractivity contribution in [2.75, 3.05) is 12.4 Å². The third kappa shape index (κ3) is 3.67. The number of benzene rings is 1. The molecule has 1 aromatic carbocycles. The van der Waals surface area contributed by atoms with Gasteiger partial charge in [-0.2, -0.15) is 0 Å². The third-order valence-corrected chi connectivity index (χ3v) is 3.52. The van der Waals surface area contributed by atoms with Gasteiger partial charge in [-0.1, -0.05) is 12.1 Å². The van der Waals surface area contributed by atoms with E-state index >= 15 is 0 Å². The Morgan fingerprint density at radius 1 is 1.26 bits per heavy atom. The normalized spacial score (nSPS) is 10.6. The molecule has 0 radical (unpaired) electrons. The lowest BCUT2D eigenvalue weighted by Gasteiger charge is -2.06. The molecule has 0 fully saturated rings. The van der Waals surface area contributed by atoms with Crippen LogP contribution in [0.4, 0.5) is 0 Å². The van der Waals surface area contributed by atoms with E-state index in [1.54, 1.807) is 0 Å². The summed E-state index contributed by atoms with van der Waals surface area (Å²) in [5, 5.41) is 0. The van der Waals surface area contributed by atoms with Gasteiger partial charge >= 0.3 is 5.97 Å². The maximum Gasteiger partial charge on any atom is 0.315 e. The first kappa shape index (κ1) is 13.8. The Kier molecular flexibility index (Phi) is 4.74. The molecule has 0 aliphatic heterocycles. The number of rotatable bonds is 5. The molecule has 1 aromatic heterocycles. The van der Waals surface area contributed by atoms with Gasteiger partial charge in [-0.05, 0) is 26.0 Å². The molecule has 0 unspecified atom stereocenters. The molecule has 100 valence electrons. The van der Waals surface area contributed by atoms with Gasteiger partial charge in [0, 0.05) is 5.75 Å². The van der Waals surface area contributed by atoms with Crippen LogP contribution in [0.15, 0.2) is 24.3 Å². The SMILES string of the molecule is CCOC(=O)CSCc1nc2ccccc2nc1C. The van der Waals surface area contributed by atoms with Gasteiger partial charge in [0.15, 0.2) is 0 Å². The Morgan fingerprint density at radius 3 is 2.63 bits per heavy atom. The van der Waals surface area contributed by atoms with Gasteiger partial charge in [-0.25, -0.2) is 9.97 Å². The van der Waals surface area contributed by atoms with Crippen LogP contribution in [0, 0.1) is 6.92 Å². The van der Waals surface area contributed by atoms with Gasteiger partial charge in [0.1, 0.15) is 0 Å². The highest BCUT2D eigenvalue weighted by Crippen LogP contribution is 2.17. The molecule has 0 aliphatic rings. The van der Waals surface area contributed by atoms with Crippen molar-refractivity contribution >= 4 is 28.8 Å². The second kappa shape index (κ2) is 6.52. The van der Waals surface area contributed by atoms with E-state index in [9.17, 15) is 4.79 Å². The molecule has 0 spiro atoms. The van der Waals surface area contributed by atoms with Gasteiger partial charge in [0.05, 0.1) is 34.8 Å². The van der Waals surface area contributed by atoms with Crippen molar-refractivity contribution in [2.45, 2.75) is 19.6 Å². The lowest BCUT2D eigenvalue weighted by atomic mass is 10.2. The molecule has 2 aromatic rings. The zero-order chi connectivity index (χ0) is 13.7. The number of fused-ring (bicyclic) bond motifs is 1. The number of carbonyl (C=O) groups is 1. The summed E-state index contributed by atoms with van der Waals surface area (Å²) < 4.78 is 4.88. The molecule has 0 saturated heterocycles. The summed E-state index contributed by atoms with van der Waals surface area (Å²) >= 11 is 1.50.